The van der Waals surface area contributed by atoms with Gasteiger partial charge in [-0.25, -0.2) is 9.18 Å². The highest BCUT2D eigenvalue weighted by atomic mass is 127. The van der Waals surface area contributed by atoms with Gasteiger partial charge in [0.2, 0.25) is 0 Å². The number of nitrogens with zero attached hydrogens (tertiary/aromatic N) is 2. The number of benzene rings is 1. The molecular weight excluding hydrogens is 386 g/mol. The molecule has 1 amide bonds. The van der Waals surface area contributed by atoms with Crippen LogP contribution in [-0.2, 0) is 4.74 Å². The molecule has 0 spiro atoms. The molecule has 1 aromatic rings. The van der Waals surface area contributed by atoms with E-state index in [0.717, 1.165) is 3.57 Å². The number of rotatable bonds is 1. The Morgan fingerprint density at radius 1 is 1.24 bits per heavy atom. The van der Waals surface area contributed by atoms with Crippen LogP contribution >= 0.6 is 22.6 Å². The number of halogens is 2. The third-order valence-corrected chi connectivity index (χ3v) is 3.85. The van der Waals surface area contributed by atoms with E-state index in [4.69, 9.17) is 4.74 Å². The van der Waals surface area contributed by atoms with E-state index in [-0.39, 0.29) is 11.9 Å². The molecule has 4 nitrogen and oxygen atoms in total. The molecule has 0 unspecified atom stereocenters. The van der Waals surface area contributed by atoms with Crippen molar-refractivity contribution in [2.24, 2.45) is 0 Å². The van der Waals surface area contributed by atoms with Gasteiger partial charge in [-0.1, -0.05) is 0 Å². The van der Waals surface area contributed by atoms with Crippen molar-refractivity contribution < 1.29 is 13.9 Å². The lowest BCUT2D eigenvalue weighted by molar-refractivity contribution is 0.0240. The number of anilines is 1. The van der Waals surface area contributed by atoms with Gasteiger partial charge in [-0.3, -0.25) is 0 Å². The summed E-state index contributed by atoms with van der Waals surface area (Å²) in [5.74, 6) is -0.215. The zero-order valence-corrected chi connectivity index (χ0v) is 14.7. The molecule has 0 aliphatic carbocycles. The van der Waals surface area contributed by atoms with E-state index in [1.807, 2.05) is 31.7 Å². The van der Waals surface area contributed by atoms with Gasteiger partial charge in [0.25, 0.3) is 0 Å². The molecule has 0 atom stereocenters. The van der Waals surface area contributed by atoms with Gasteiger partial charge in [0.05, 0.1) is 5.69 Å². The van der Waals surface area contributed by atoms with Gasteiger partial charge in [-0.05, 0) is 61.6 Å². The van der Waals surface area contributed by atoms with Gasteiger partial charge in [-0.2, -0.15) is 0 Å². The molecule has 0 N–H and O–H groups in total. The SMILES string of the molecule is CC(C)(C)OC(=O)N1CCN(c2ccc(I)cc2F)CC1. The Bertz CT molecular complexity index is 523. The molecular formula is C15H20FIN2O2. The van der Waals surface area contributed by atoms with Crippen molar-refractivity contribution in [3.05, 3.63) is 27.6 Å². The first-order valence-electron chi connectivity index (χ1n) is 6.94. The van der Waals surface area contributed by atoms with Crippen molar-refractivity contribution in [3.63, 3.8) is 0 Å². The smallest absolute Gasteiger partial charge is 0.410 e. The minimum absolute atomic E-state index is 0.215. The van der Waals surface area contributed by atoms with Gasteiger partial charge < -0.3 is 14.5 Å². The van der Waals surface area contributed by atoms with Crippen LogP contribution in [0.3, 0.4) is 0 Å². The number of carbonyl (C=O) groups is 1. The summed E-state index contributed by atoms with van der Waals surface area (Å²) in [5.41, 5.74) is 0.107. The largest absolute Gasteiger partial charge is 0.444 e. The zero-order valence-electron chi connectivity index (χ0n) is 12.5. The second-order valence-corrected chi connectivity index (χ2v) is 7.30. The fraction of sp³-hybridized carbons (Fsp3) is 0.533. The van der Waals surface area contributed by atoms with Gasteiger partial charge in [0.1, 0.15) is 11.4 Å². The molecule has 2 rings (SSSR count). The number of amides is 1. The van der Waals surface area contributed by atoms with E-state index in [9.17, 15) is 9.18 Å². The lowest BCUT2D eigenvalue weighted by Gasteiger charge is -2.36. The molecule has 0 radical (unpaired) electrons. The fourth-order valence-corrected chi connectivity index (χ4v) is 2.65. The van der Waals surface area contributed by atoms with Crippen LogP contribution in [0.25, 0.3) is 0 Å². The molecule has 21 heavy (non-hydrogen) atoms. The van der Waals surface area contributed by atoms with Crippen LogP contribution in [0.5, 0.6) is 0 Å². The second kappa shape index (κ2) is 6.37. The molecule has 0 saturated carbocycles. The van der Waals surface area contributed by atoms with Gasteiger partial charge in [-0.15, -0.1) is 0 Å². The van der Waals surface area contributed by atoms with Crippen molar-refractivity contribution >= 4 is 34.4 Å². The van der Waals surface area contributed by atoms with Crippen LogP contribution in [0, 0.1) is 9.39 Å². The molecule has 1 saturated heterocycles. The summed E-state index contributed by atoms with van der Waals surface area (Å²) < 4.78 is 20.2. The maximum Gasteiger partial charge on any atom is 0.410 e. The standard InChI is InChI=1S/C15H20FIN2O2/c1-15(2,3)21-14(20)19-8-6-18(7-9-19)13-5-4-11(17)10-12(13)16/h4-5,10H,6-9H2,1-3H3. The number of hydrogen-bond donors (Lipinski definition) is 0. The Labute approximate surface area is 138 Å². The maximum atomic E-state index is 14.0. The van der Waals surface area contributed by atoms with E-state index >= 15 is 0 Å². The van der Waals surface area contributed by atoms with Crippen molar-refractivity contribution in [2.45, 2.75) is 26.4 Å². The zero-order chi connectivity index (χ0) is 15.6. The first kappa shape index (κ1) is 16.3. The number of ether oxygens (including phenoxy) is 1. The van der Waals surface area contributed by atoms with Crippen LogP contribution in [0.15, 0.2) is 18.2 Å². The predicted molar refractivity (Wildman–Crippen MR) is 89.1 cm³/mol. The Kier molecular flexibility index (Phi) is 4.95. The number of piperazine rings is 1. The normalized spacial score (nSPS) is 16.0. The van der Waals surface area contributed by atoms with Crippen molar-refractivity contribution in [1.82, 2.24) is 4.90 Å². The van der Waals surface area contributed by atoms with E-state index in [0.29, 0.717) is 31.9 Å². The lowest BCUT2D eigenvalue weighted by Crippen LogP contribution is -2.50. The molecule has 1 aliphatic heterocycles. The number of carbonyl (C=O) groups excluding carboxylic acids is 1. The summed E-state index contributed by atoms with van der Waals surface area (Å²) in [6.45, 7) is 7.85. The first-order chi connectivity index (χ1) is 9.76. The highest BCUT2D eigenvalue weighted by Crippen LogP contribution is 2.23. The molecule has 116 valence electrons. The van der Waals surface area contributed by atoms with Crippen LogP contribution in [0.1, 0.15) is 20.8 Å². The summed E-state index contributed by atoms with van der Waals surface area (Å²) in [5, 5.41) is 0. The Morgan fingerprint density at radius 3 is 2.38 bits per heavy atom. The highest BCUT2D eigenvalue weighted by molar-refractivity contribution is 14.1. The Balaban J connectivity index is 1.95. The van der Waals surface area contributed by atoms with E-state index in [1.165, 1.54) is 6.07 Å². The Morgan fingerprint density at radius 2 is 1.86 bits per heavy atom. The summed E-state index contributed by atoms with van der Waals surface area (Å²) in [4.78, 5) is 15.6. The average Bonchev–Trinajstić information content (AvgIpc) is 2.37. The molecule has 1 aromatic carbocycles. The molecule has 0 aromatic heterocycles. The average molecular weight is 406 g/mol. The second-order valence-electron chi connectivity index (χ2n) is 6.05. The topological polar surface area (TPSA) is 32.8 Å². The fourth-order valence-electron chi connectivity index (χ4n) is 2.19. The van der Waals surface area contributed by atoms with E-state index in [1.54, 1.807) is 11.0 Å². The first-order valence-corrected chi connectivity index (χ1v) is 8.02. The third kappa shape index (κ3) is 4.46. The van der Waals surface area contributed by atoms with Crippen molar-refractivity contribution in [1.29, 1.82) is 0 Å². The monoisotopic (exact) mass is 406 g/mol. The van der Waals surface area contributed by atoms with Gasteiger partial charge in [0, 0.05) is 29.7 Å². The maximum absolute atomic E-state index is 14.0. The van der Waals surface area contributed by atoms with Crippen LogP contribution in [0.4, 0.5) is 14.9 Å². The van der Waals surface area contributed by atoms with Gasteiger partial charge >= 0.3 is 6.09 Å². The minimum atomic E-state index is -0.490. The predicted octanol–water partition coefficient (Wildman–Crippen LogP) is 3.49. The molecule has 0 bridgehead atoms. The van der Waals surface area contributed by atoms with Crippen LogP contribution in [0.2, 0.25) is 0 Å². The quantitative estimate of drug-likeness (QED) is 0.670. The summed E-state index contributed by atoms with van der Waals surface area (Å²) in [6, 6.07) is 5.20. The van der Waals surface area contributed by atoms with E-state index in [2.05, 4.69) is 22.6 Å². The Hall–Kier alpha value is -1.05. The van der Waals surface area contributed by atoms with Crippen LogP contribution in [-0.4, -0.2) is 42.8 Å². The number of hydrogen-bond acceptors (Lipinski definition) is 3. The van der Waals surface area contributed by atoms with Gasteiger partial charge in [0.15, 0.2) is 0 Å². The van der Waals surface area contributed by atoms with Crippen LogP contribution < -0.4 is 4.90 Å². The lowest BCUT2D eigenvalue weighted by atomic mass is 10.2. The summed E-state index contributed by atoms with van der Waals surface area (Å²) in [6.07, 6.45) is -0.301. The third-order valence-electron chi connectivity index (χ3n) is 3.18. The molecule has 6 heteroatoms. The minimum Gasteiger partial charge on any atom is -0.444 e. The summed E-state index contributed by atoms with van der Waals surface area (Å²) >= 11 is 2.09. The highest BCUT2D eigenvalue weighted by Gasteiger charge is 2.26. The molecule has 1 heterocycles. The molecule has 1 fully saturated rings. The van der Waals surface area contributed by atoms with Crippen molar-refractivity contribution in [3.8, 4) is 0 Å². The van der Waals surface area contributed by atoms with Crippen molar-refractivity contribution in [2.75, 3.05) is 31.1 Å². The summed E-state index contributed by atoms with van der Waals surface area (Å²) in [7, 11) is 0. The molecule has 1 aliphatic rings. The van der Waals surface area contributed by atoms with E-state index < -0.39 is 5.60 Å².